The molecule has 1 aromatic heterocycles. The molecule has 0 amide bonds. The first-order valence-electron chi connectivity index (χ1n) is 7.71. The number of nitrogens with one attached hydrogen (secondary N) is 1. The van der Waals surface area contributed by atoms with E-state index >= 15 is 0 Å². The Hall–Kier alpha value is -0.970. The van der Waals surface area contributed by atoms with Gasteiger partial charge in [0.05, 0.1) is 25.5 Å². The van der Waals surface area contributed by atoms with Crippen LogP contribution in [-0.4, -0.2) is 30.3 Å². The normalized spacial score (nSPS) is 12.1. The Bertz CT molecular complexity index is 383. The summed E-state index contributed by atoms with van der Waals surface area (Å²) >= 11 is 0. The van der Waals surface area contributed by atoms with E-state index < -0.39 is 0 Å². The van der Waals surface area contributed by atoms with Crippen molar-refractivity contribution in [2.45, 2.75) is 53.3 Å². The van der Waals surface area contributed by atoms with Gasteiger partial charge in [-0.05, 0) is 38.3 Å². The minimum atomic E-state index is 0.123. The third-order valence-corrected chi connectivity index (χ3v) is 2.78. The second-order valence-electron chi connectivity index (χ2n) is 6.78. The summed E-state index contributed by atoms with van der Waals surface area (Å²) in [5, 5.41) is 3.45. The van der Waals surface area contributed by atoms with Crippen molar-refractivity contribution >= 4 is 0 Å². The number of hydrogen-bond acceptors (Lipinski definition) is 4. The van der Waals surface area contributed by atoms with E-state index in [2.05, 4.69) is 51.0 Å². The maximum atomic E-state index is 5.55. The van der Waals surface area contributed by atoms with Gasteiger partial charge in [0.25, 0.3) is 0 Å². The number of nitrogens with zero attached hydrogens (tertiary/aromatic N) is 1. The van der Waals surface area contributed by atoms with Gasteiger partial charge >= 0.3 is 0 Å². The first kappa shape index (κ1) is 18.1. The van der Waals surface area contributed by atoms with Crippen molar-refractivity contribution in [3.8, 4) is 0 Å². The fourth-order valence-corrected chi connectivity index (χ4v) is 1.63. The molecule has 0 radical (unpaired) electrons. The van der Waals surface area contributed by atoms with Crippen LogP contribution in [0.3, 0.4) is 0 Å². The van der Waals surface area contributed by atoms with Crippen molar-refractivity contribution in [2.24, 2.45) is 5.92 Å². The monoisotopic (exact) mass is 294 g/mol. The molecule has 4 heteroatoms. The van der Waals surface area contributed by atoms with Crippen LogP contribution in [0.4, 0.5) is 0 Å². The van der Waals surface area contributed by atoms with E-state index in [0.29, 0.717) is 25.7 Å². The van der Waals surface area contributed by atoms with Gasteiger partial charge < -0.3 is 14.8 Å². The number of hydrogen-bond donors (Lipinski definition) is 1. The summed E-state index contributed by atoms with van der Waals surface area (Å²) in [4.78, 5) is 4.42. The molecule has 4 nitrogen and oxygen atoms in total. The van der Waals surface area contributed by atoms with Crippen LogP contribution in [0.25, 0.3) is 0 Å². The SMILES string of the molecule is CC(C)COCCOCc1ccc(CNC(C)(C)C)cn1. The fourth-order valence-electron chi connectivity index (χ4n) is 1.63. The molecule has 1 aromatic rings. The Morgan fingerprint density at radius 1 is 1.14 bits per heavy atom. The molecule has 1 heterocycles. The second-order valence-corrected chi connectivity index (χ2v) is 6.78. The van der Waals surface area contributed by atoms with E-state index in [-0.39, 0.29) is 5.54 Å². The van der Waals surface area contributed by atoms with Crippen molar-refractivity contribution in [3.63, 3.8) is 0 Å². The van der Waals surface area contributed by atoms with E-state index in [9.17, 15) is 0 Å². The zero-order valence-electron chi connectivity index (χ0n) is 14.1. The summed E-state index contributed by atoms with van der Waals surface area (Å²) < 4.78 is 11.0. The van der Waals surface area contributed by atoms with Gasteiger partial charge in [0.15, 0.2) is 0 Å². The Kier molecular flexibility index (Phi) is 7.86. The predicted molar refractivity (Wildman–Crippen MR) is 86.1 cm³/mol. The van der Waals surface area contributed by atoms with Crippen molar-refractivity contribution in [1.29, 1.82) is 0 Å². The van der Waals surface area contributed by atoms with Crippen LogP contribution in [0.5, 0.6) is 0 Å². The number of rotatable bonds is 9. The smallest absolute Gasteiger partial charge is 0.0889 e. The lowest BCUT2D eigenvalue weighted by Gasteiger charge is -2.20. The number of pyridine rings is 1. The molecule has 0 atom stereocenters. The summed E-state index contributed by atoms with van der Waals surface area (Å²) in [5.74, 6) is 0.570. The summed E-state index contributed by atoms with van der Waals surface area (Å²) in [6.45, 7) is 14.2. The highest BCUT2D eigenvalue weighted by atomic mass is 16.5. The molecule has 0 aromatic carbocycles. The largest absolute Gasteiger partial charge is 0.379 e. The predicted octanol–water partition coefficient (Wildman–Crippen LogP) is 3.16. The second kappa shape index (κ2) is 9.13. The summed E-state index contributed by atoms with van der Waals surface area (Å²) in [6, 6.07) is 4.12. The average Bonchev–Trinajstić information content (AvgIpc) is 2.40. The maximum absolute atomic E-state index is 5.55. The molecule has 0 fully saturated rings. The first-order valence-corrected chi connectivity index (χ1v) is 7.71. The molecule has 0 saturated carbocycles. The zero-order chi connectivity index (χ0) is 15.7. The Morgan fingerprint density at radius 3 is 2.43 bits per heavy atom. The van der Waals surface area contributed by atoms with Gasteiger partial charge in [0.2, 0.25) is 0 Å². The molecule has 0 aliphatic carbocycles. The maximum Gasteiger partial charge on any atom is 0.0889 e. The molecule has 1 rings (SSSR count). The van der Waals surface area contributed by atoms with Crippen molar-refractivity contribution in [1.82, 2.24) is 10.3 Å². The molecule has 0 spiro atoms. The van der Waals surface area contributed by atoms with Crippen molar-refractivity contribution in [2.75, 3.05) is 19.8 Å². The topological polar surface area (TPSA) is 43.4 Å². The molecule has 0 unspecified atom stereocenters. The molecule has 0 aliphatic heterocycles. The van der Waals surface area contributed by atoms with Gasteiger partial charge in [-0.1, -0.05) is 19.9 Å². The highest BCUT2D eigenvalue weighted by molar-refractivity contribution is 5.13. The zero-order valence-corrected chi connectivity index (χ0v) is 14.1. The van der Waals surface area contributed by atoms with E-state index in [0.717, 1.165) is 18.8 Å². The third-order valence-electron chi connectivity index (χ3n) is 2.78. The highest BCUT2D eigenvalue weighted by Gasteiger charge is 2.08. The number of ether oxygens (including phenoxy) is 2. The quantitative estimate of drug-likeness (QED) is 0.711. The molecular weight excluding hydrogens is 264 g/mol. The van der Waals surface area contributed by atoms with E-state index in [4.69, 9.17) is 9.47 Å². The summed E-state index contributed by atoms with van der Waals surface area (Å²) in [5.41, 5.74) is 2.27. The lowest BCUT2D eigenvalue weighted by atomic mass is 10.1. The average molecular weight is 294 g/mol. The van der Waals surface area contributed by atoms with Crippen LogP contribution in [0.15, 0.2) is 18.3 Å². The van der Waals surface area contributed by atoms with Crippen LogP contribution in [-0.2, 0) is 22.6 Å². The highest BCUT2D eigenvalue weighted by Crippen LogP contribution is 2.05. The number of aromatic nitrogens is 1. The van der Waals surface area contributed by atoms with Gasteiger partial charge in [-0.25, -0.2) is 0 Å². The molecule has 1 N–H and O–H groups in total. The van der Waals surface area contributed by atoms with E-state index in [1.165, 1.54) is 5.56 Å². The van der Waals surface area contributed by atoms with Gasteiger partial charge in [-0.3, -0.25) is 4.98 Å². The van der Waals surface area contributed by atoms with Gasteiger partial charge in [0, 0.05) is 24.9 Å². The summed E-state index contributed by atoms with van der Waals surface area (Å²) in [7, 11) is 0. The molecule has 0 saturated heterocycles. The van der Waals surface area contributed by atoms with Crippen LogP contribution >= 0.6 is 0 Å². The van der Waals surface area contributed by atoms with Gasteiger partial charge in [-0.15, -0.1) is 0 Å². The lowest BCUT2D eigenvalue weighted by Crippen LogP contribution is -2.35. The van der Waals surface area contributed by atoms with Crippen molar-refractivity contribution < 1.29 is 9.47 Å². The molecule has 0 aliphatic rings. The van der Waals surface area contributed by atoms with Gasteiger partial charge in [0.1, 0.15) is 0 Å². The fraction of sp³-hybridized carbons (Fsp3) is 0.706. The Morgan fingerprint density at radius 2 is 1.86 bits per heavy atom. The van der Waals surface area contributed by atoms with E-state index in [1.54, 1.807) is 0 Å². The minimum absolute atomic E-state index is 0.123. The molecule has 0 bridgehead atoms. The Balaban J connectivity index is 2.19. The lowest BCUT2D eigenvalue weighted by molar-refractivity contribution is 0.0305. The molecule has 120 valence electrons. The van der Waals surface area contributed by atoms with Gasteiger partial charge in [-0.2, -0.15) is 0 Å². The van der Waals surface area contributed by atoms with E-state index in [1.807, 2.05) is 12.3 Å². The van der Waals surface area contributed by atoms with Crippen LogP contribution in [0.1, 0.15) is 45.9 Å². The third kappa shape index (κ3) is 9.56. The van der Waals surface area contributed by atoms with Crippen LogP contribution < -0.4 is 5.32 Å². The molecular formula is C17H30N2O2. The summed E-state index contributed by atoms with van der Waals surface area (Å²) in [6.07, 6.45) is 1.91. The minimum Gasteiger partial charge on any atom is -0.379 e. The standard InChI is InChI=1S/C17H30N2O2/c1-14(2)12-20-8-9-21-13-16-7-6-15(10-18-16)11-19-17(3,4)5/h6-7,10,14,19H,8-9,11-13H2,1-5H3. The van der Waals surface area contributed by atoms with Crippen LogP contribution in [0.2, 0.25) is 0 Å². The molecule has 21 heavy (non-hydrogen) atoms. The Labute approximate surface area is 129 Å². The van der Waals surface area contributed by atoms with Crippen LogP contribution in [0, 0.1) is 5.92 Å². The first-order chi connectivity index (χ1) is 9.87. The van der Waals surface area contributed by atoms with Crippen molar-refractivity contribution in [3.05, 3.63) is 29.6 Å².